The van der Waals surface area contributed by atoms with Crippen LogP contribution in [0.5, 0.6) is 0 Å². The van der Waals surface area contributed by atoms with Crippen molar-refractivity contribution >= 4 is 5.84 Å². The summed E-state index contributed by atoms with van der Waals surface area (Å²) in [6.45, 7) is 0.590. The van der Waals surface area contributed by atoms with Crippen molar-refractivity contribution in [2.24, 2.45) is 10.9 Å². The number of rotatable bonds is 4. The number of hydrogen-bond acceptors (Lipinski definition) is 3. The summed E-state index contributed by atoms with van der Waals surface area (Å²) in [5, 5.41) is 11.4. The maximum atomic E-state index is 13.9. The number of halogens is 1. The van der Waals surface area contributed by atoms with Crippen LogP contribution >= 0.6 is 0 Å². The quantitative estimate of drug-likeness (QED) is 0.372. The highest BCUT2D eigenvalue weighted by Crippen LogP contribution is 2.25. The number of oxime groups is 1. The van der Waals surface area contributed by atoms with Crippen molar-refractivity contribution in [1.29, 1.82) is 0 Å². The Balaban J connectivity index is 2.09. The first-order valence-corrected chi connectivity index (χ1v) is 6.08. The van der Waals surface area contributed by atoms with Crippen LogP contribution in [0, 0.1) is 5.82 Å². The van der Waals surface area contributed by atoms with E-state index in [4.69, 9.17) is 10.9 Å². The lowest BCUT2D eigenvalue weighted by atomic mass is 9.91. The first-order valence-electron chi connectivity index (χ1n) is 6.08. The fourth-order valence-electron chi connectivity index (χ4n) is 2.12. The lowest BCUT2D eigenvalue weighted by Crippen LogP contribution is -2.36. The first-order chi connectivity index (χ1) is 8.61. The second-order valence-corrected chi connectivity index (χ2v) is 4.79. The van der Waals surface area contributed by atoms with Crippen LogP contribution < -0.4 is 5.73 Å². The van der Waals surface area contributed by atoms with Gasteiger partial charge in [-0.15, -0.1) is 0 Å². The van der Waals surface area contributed by atoms with E-state index >= 15 is 0 Å². The zero-order valence-corrected chi connectivity index (χ0v) is 10.4. The molecule has 3 N–H and O–H groups in total. The smallest absolute Gasteiger partial charge is 0.170 e. The highest BCUT2D eigenvalue weighted by Gasteiger charge is 2.22. The minimum Gasteiger partial charge on any atom is -0.409 e. The van der Waals surface area contributed by atoms with Crippen molar-refractivity contribution in [3.05, 3.63) is 35.1 Å². The Labute approximate surface area is 106 Å². The molecule has 1 aromatic carbocycles. The molecule has 0 aromatic heterocycles. The van der Waals surface area contributed by atoms with Crippen LogP contribution in [0.25, 0.3) is 0 Å². The summed E-state index contributed by atoms with van der Waals surface area (Å²) in [7, 11) is 2.01. The van der Waals surface area contributed by atoms with E-state index in [1.807, 2.05) is 7.05 Å². The lowest BCUT2D eigenvalue weighted by molar-refractivity contribution is 0.151. The van der Waals surface area contributed by atoms with Gasteiger partial charge in [0.05, 0.1) is 0 Å². The molecule has 18 heavy (non-hydrogen) atoms. The van der Waals surface area contributed by atoms with Crippen molar-refractivity contribution in [2.75, 3.05) is 7.05 Å². The Morgan fingerprint density at radius 3 is 2.78 bits per heavy atom. The largest absolute Gasteiger partial charge is 0.409 e. The normalized spacial score (nSPS) is 16.9. The van der Waals surface area contributed by atoms with Crippen LogP contribution in [0.2, 0.25) is 0 Å². The molecule has 0 saturated heterocycles. The molecule has 98 valence electrons. The van der Waals surface area contributed by atoms with Gasteiger partial charge in [0.2, 0.25) is 0 Å². The van der Waals surface area contributed by atoms with Crippen LogP contribution in [0.4, 0.5) is 4.39 Å². The molecule has 0 aliphatic heterocycles. The van der Waals surface area contributed by atoms with Crippen molar-refractivity contribution in [1.82, 2.24) is 4.90 Å². The lowest BCUT2D eigenvalue weighted by Gasteiger charge is -2.34. The minimum absolute atomic E-state index is 0.0761. The van der Waals surface area contributed by atoms with Crippen LogP contribution in [0.1, 0.15) is 30.4 Å². The molecule has 1 fully saturated rings. The molecule has 5 heteroatoms. The highest BCUT2D eigenvalue weighted by molar-refractivity contribution is 5.97. The fourth-order valence-corrected chi connectivity index (χ4v) is 2.12. The zero-order chi connectivity index (χ0) is 13.1. The molecule has 1 aliphatic carbocycles. The molecule has 0 radical (unpaired) electrons. The third-order valence-corrected chi connectivity index (χ3v) is 3.57. The van der Waals surface area contributed by atoms with E-state index in [1.54, 1.807) is 12.1 Å². The van der Waals surface area contributed by atoms with Crippen molar-refractivity contribution in [2.45, 2.75) is 31.8 Å². The van der Waals surface area contributed by atoms with E-state index in [0.29, 0.717) is 23.7 Å². The molecule has 0 bridgehead atoms. The SMILES string of the molecule is CN(Cc1ccc(/C(N)=N/O)cc1F)C1CCC1. The Hall–Kier alpha value is -1.62. The maximum absolute atomic E-state index is 13.9. The van der Waals surface area contributed by atoms with Crippen molar-refractivity contribution in [3.63, 3.8) is 0 Å². The average Bonchev–Trinajstić information content (AvgIpc) is 2.28. The Morgan fingerprint density at radius 1 is 1.56 bits per heavy atom. The van der Waals surface area contributed by atoms with Gasteiger partial charge in [-0.25, -0.2) is 4.39 Å². The Bertz CT molecular complexity index is 458. The molecule has 0 spiro atoms. The van der Waals surface area contributed by atoms with Crippen LogP contribution in [0.15, 0.2) is 23.4 Å². The molecule has 0 atom stereocenters. The summed E-state index contributed by atoms with van der Waals surface area (Å²) in [6.07, 6.45) is 3.65. The Kier molecular flexibility index (Phi) is 3.81. The standard InChI is InChI=1S/C13H18FN3O/c1-17(11-3-2-4-11)8-10-6-5-9(7-12(10)14)13(15)16-18/h5-7,11,18H,2-4,8H2,1H3,(H2,15,16). The van der Waals surface area contributed by atoms with Crippen molar-refractivity contribution in [3.8, 4) is 0 Å². The van der Waals surface area contributed by atoms with Gasteiger partial charge in [0.25, 0.3) is 0 Å². The topological polar surface area (TPSA) is 61.8 Å². The van der Waals surface area contributed by atoms with Gasteiger partial charge in [0.1, 0.15) is 5.82 Å². The molecule has 4 nitrogen and oxygen atoms in total. The summed E-state index contributed by atoms with van der Waals surface area (Å²) in [4.78, 5) is 2.17. The monoisotopic (exact) mass is 251 g/mol. The predicted molar refractivity (Wildman–Crippen MR) is 68.0 cm³/mol. The summed E-state index contributed by atoms with van der Waals surface area (Å²) >= 11 is 0. The minimum atomic E-state index is -0.315. The molecule has 1 saturated carbocycles. The summed E-state index contributed by atoms with van der Waals surface area (Å²) in [5.74, 6) is -0.391. The summed E-state index contributed by atoms with van der Waals surface area (Å²) in [5.41, 5.74) is 6.45. The van der Waals surface area contributed by atoms with Gasteiger partial charge >= 0.3 is 0 Å². The van der Waals surface area contributed by atoms with Gasteiger partial charge in [0, 0.05) is 23.7 Å². The summed E-state index contributed by atoms with van der Waals surface area (Å²) in [6, 6.07) is 5.24. The van der Waals surface area contributed by atoms with Gasteiger partial charge in [0.15, 0.2) is 5.84 Å². The van der Waals surface area contributed by atoms with Gasteiger partial charge in [-0.2, -0.15) is 0 Å². The van der Waals surface area contributed by atoms with Crippen LogP contribution in [-0.4, -0.2) is 29.0 Å². The number of amidine groups is 1. The molecule has 1 aromatic rings. The predicted octanol–water partition coefficient (Wildman–Crippen LogP) is 1.90. The van der Waals surface area contributed by atoms with E-state index in [-0.39, 0.29) is 11.7 Å². The number of nitrogens with zero attached hydrogens (tertiary/aromatic N) is 2. The number of nitrogens with two attached hydrogens (primary N) is 1. The zero-order valence-electron chi connectivity index (χ0n) is 10.4. The summed E-state index contributed by atoms with van der Waals surface area (Å²) < 4.78 is 13.9. The average molecular weight is 251 g/mol. The van der Waals surface area contributed by atoms with Gasteiger partial charge in [-0.1, -0.05) is 23.7 Å². The molecule has 0 heterocycles. The molecule has 0 unspecified atom stereocenters. The molecule has 0 amide bonds. The van der Waals surface area contributed by atoms with Gasteiger partial charge in [-0.3, -0.25) is 4.90 Å². The van der Waals surface area contributed by atoms with E-state index in [9.17, 15) is 4.39 Å². The fraction of sp³-hybridized carbons (Fsp3) is 0.462. The van der Waals surface area contributed by atoms with E-state index in [0.717, 1.165) is 0 Å². The number of hydrogen-bond donors (Lipinski definition) is 2. The number of benzene rings is 1. The van der Waals surface area contributed by atoms with Crippen molar-refractivity contribution < 1.29 is 9.60 Å². The van der Waals surface area contributed by atoms with Crippen LogP contribution in [0.3, 0.4) is 0 Å². The maximum Gasteiger partial charge on any atom is 0.170 e. The third-order valence-electron chi connectivity index (χ3n) is 3.57. The van der Waals surface area contributed by atoms with Gasteiger partial charge in [-0.05, 0) is 26.0 Å². The second kappa shape index (κ2) is 5.35. The van der Waals surface area contributed by atoms with E-state index < -0.39 is 0 Å². The second-order valence-electron chi connectivity index (χ2n) is 4.79. The molecule has 1 aliphatic rings. The van der Waals surface area contributed by atoms with E-state index in [2.05, 4.69) is 10.1 Å². The van der Waals surface area contributed by atoms with E-state index in [1.165, 1.54) is 25.3 Å². The first kappa shape index (κ1) is 12.8. The Morgan fingerprint density at radius 2 is 2.28 bits per heavy atom. The van der Waals surface area contributed by atoms with Crippen LogP contribution in [-0.2, 0) is 6.54 Å². The third kappa shape index (κ3) is 2.61. The molecular formula is C13H18FN3O. The molecular weight excluding hydrogens is 233 g/mol. The van der Waals surface area contributed by atoms with Gasteiger partial charge < -0.3 is 10.9 Å². The highest BCUT2D eigenvalue weighted by atomic mass is 19.1. The molecule has 2 rings (SSSR count).